The van der Waals surface area contributed by atoms with Crippen molar-refractivity contribution in [1.29, 1.82) is 0 Å². The zero-order valence-corrected chi connectivity index (χ0v) is 8.48. The van der Waals surface area contributed by atoms with Crippen LogP contribution in [0, 0.1) is 0 Å². The predicted octanol–water partition coefficient (Wildman–Crippen LogP) is 0.00890. The fourth-order valence-electron chi connectivity index (χ4n) is 1.35. The number of ether oxygens (including phenoxy) is 1. The second-order valence-electron chi connectivity index (χ2n) is 3.02. The molecule has 1 rings (SSSR count). The molecule has 0 aromatic rings. The van der Waals surface area contributed by atoms with E-state index in [2.05, 4.69) is 4.90 Å². The van der Waals surface area contributed by atoms with Gasteiger partial charge in [-0.1, -0.05) is 0 Å². The molecular weight excluding hydrogens is 172 g/mol. The van der Waals surface area contributed by atoms with Crippen molar-refractivity contribution in [3.63, 3.8) is 0 Å². The number of nitrogens with two attached hydrogens (primary N) is 1. The molecule has 0 radical (unpaired) electrons. The quantitative estimate of drug-likeness (QED) is 0.678. The predicted molar refractivity (Wildman–Crippen MR) is 53.6 cm³/mol. The van der Waals surface area contributed by atoms with Crippen LogP contribution in [0.4, 0.5) is 0 Å². The Kier molecular flexibility index (Phi) is 4.99. The lowest BCUT2D eigenvalue weighted by Gasteiger charge is -2.31. The maximum absolute atomic E-state index is 5.62. The van der Waals surface area contributed by atoms with Crippen molar-refractivity contribution in [3.05, 3.63) is 0 Å². The highest BCUT2D eigenvalue weighted by Gasteiger charge is 2.18. The van der Waals surface area contributed by atoms with E-state index < -0.39 is 0 Å². The highest BCUT2D eigenvalue weighted by molar-refractivity contribution is 8.00. The third-order valence-corrected chi connectivity index (χ3v) is 3.33. The smallest absolute Gasteiger partial charge is 0.0589 e. The lowest BCUT2D eigenvalue weighted by atomic mass is 10.3. The summed E-state index contributed by atoms with van der Waals surface area (Å²) in [4.78, 5) is 2.43. The van der Waals surface area contributed by atoms with E-state index in [4.69, 9.17) is 10.5 Å². The highest BCUT2D eigenvalue weighted by atomic mass is 32.2. The molecule has 4 heteroatoms. The van der Waals surface area contributed by atoms with Gasteiger partial charge in [0.05, 0.1) is 6.61 Å². The molecular formula is C8H18N2OS. The molecule has 12 heavy (non-hydrogen) atoms. The fraction of sp³-hybridized carbons (Fsp3) is 1.00. The van der Waals surface area contributed by atoms with E-state index in [1.807, 2.05) is 11.8 Å². The van der Waals surface area contributed by atoms with Crippen LogP contribution in [-0.2, 0) is 4.74 Å². The summed E-state index contributed by atoms with van der Waals surface area (Å²) in [5, 5.41) is 0.635. The lowest BCUT2D eigenvalue weighted by Crippen LogP contribution is -2.42. The van der Waals surface area contributed by atoms with Crippen LogP contribution in [0.3, 0.4) is 0 Å². The molecule has 2 N–H and O–H groups in total. The lowest BCUT2D eigenvalue weighted by molar-refractivity contribution is 0.150. The Labute approximate surface area is 78.6 Å². The molecule has 0 amide bonds. The van der Waals surface area contributed by atoms with Crippen molar-refractivity contribution in [3.8, 4) is 0 Å². The number of rotatable bonds is 4. The SMILES string of the molecule is COCCN1CCSC(CN)C1. The van der Waals surface area contributed by atoms with E-state index in [9.17, 15) is 0 Å². The van der Waals surface area contributed by atoms with Crippen molar-refractivity contribution < 1.29 is 4.74 Å². The third kappa shape index (κ3) is 3.31. The van der Waals surface area contributed by atoms with E-state index >= 15 is 0 Å². The van der Waals surface area contributed by atoms with Gasteiger partial charge in [0, 0.05) is 44.3 Å². The van der Waals surface area contributed by atoms with E-state index in [-0.39, 0.29) is 0 Å². The molecule has 0 spiro atoms. The molecule has 0 aromatic carbocycles. The van der Waals surface area contributed by atoms with Gasteiger partial charge in [0.1, 0.15) is 0 Å². The number of nitrogens with zero attached hydrogens (tertiary/aromatic N) is 1. The first-order valence-electron chi connectivity index (χ1n) is 4.39. The van der Waals surface area contributed by atoms with Crippen molar-refractivity contribution in [2.45, 2.75) is 5.25 Å². The molecule has 0 saturated carbocycles. The number of thioether (sulfide) groups is 1. The molecule has 1 heterocycles. The van der Waals surface area contributed by atoms with Crippen LogP contribution in [-0.4, -0.2) is 55.8 Å². The Bertz CT molecular complexity index is 124. The Morgan fingerprint density at radius 3 is 3.17 bits per heavy atom. The maximum Gasteiger partial charge on any atom is 0.0589 e. The first-order valence-corrected chi connectivity index (χ1v) is 5.44. The topological polar surface area (TPSA) is 38.5 Å². The molecule has 0 aliphatic carbocycles. The molecule has 1 aliphatic heterocycles. The normalized spacial score (nSPS) is 26.0. The number of hydrogen-bond donors (Lipinski definition) is 1. The number of methoxy groups -OCH3 is 1. The standard InChI is InChI=1S/C8H18N2OS/c1-11-4-2-10-3-5-12-8(6-9)7-10/h8H,2-7,9H2,1H3. The Hall–Kier alpha value is 0.230. The summed E-state index contributed by atoms with van der Waals surface area (Å²) in [6.45, 7) is 5.00. The minimum absolute atomic E-state index is 0.635. The summed E-state index contributed by atoms with van der Waals surface area (Å²) >= 11 is 1.99. The van der Waals surface area contributed by atoms with Crippen LogP contribution in [0.15, 0.2) is 0 Å². The van der Waals surface area contributed by atoms with Crippen molar-refractivity contribution in [2.24, 2.45) is 5.73 Å². The van der Waals surface area contributed by atoms with Crippen LogP contribution in [0.5, 0.6) is 0 Å². The van der Waals surface area contributed by atoms with Crippen LogP contribution < -0.4 is 5.73 Å². The molecule has 1 aliphatic rings. The first kappa shape index (κ1) is 10.3. The molecule has 1 unspecified atom stereocenters. The van der Waals surface area contributed by atoms with Crippen LogP contribution in [0.25, 0.3) is 0 Å². The molecule has 72 valence electrons. The fourth-order valence-corrected chi connectivity index (χ4v) is 2.50. The van der Waals surface area contributed by atoms with Gasteiger partial charge in [-0.3, -0.25) is 4.90 Å². The van der Waals surface area contributed by atoms with Crippen LogP contribution >= 0.6 is 11.8 Å². The molecule has 1 atom stereocenters. The van der Waals surface area contributed by atoms with Gasteiger partial charge in [-0.25, -0.2) is 0 Å². The first-order chi connectivity index (χ1) is 5.86. The Balaban J connectivity index is 2.16. The Morgan fingerprint density at radius 1 is 1.67 bits per heavy atom. The van der Waals surface area contributed by atoms with Gasteiger partial charge >= 0.3 is 0 Å². The summed E-state index contributed by atoms with van der Waals surface area (Å²) in [5.41, 5.74) is 5.62. The van der Waals surface area contributed by atoms with Crippen molar-refractivity contribution in [2.75, 3.05) is 45.6 Å². The van der Waals surface area contributed by atoms with Crippen LogP contribution in [0.2, 0.25) is 0 Å². The highest BCUT2D eigenvalue weighted by Crippen LogP contribution is 2.16. The Morgan fingerprint density at radius 2 is 2.50 bits per heavy atom. The molecule has 1 saturated heterocycles. The average molecular weight is 190 g/mol. The molecule has 3 nitrogen and oxygen atoms in total. The van der Waals surface area contributed by atoms with Crippen molar-refractivity contribution >= 4 is 11.8 Å². The van der Waals surface area contributed by atoms with Gasteiger partial charge in [-0.05, 0) is 0 Å². The largest absolute Gasteiger partial charge is 0.383 e. The average Bonchev–Trinajstić information content (AvgIpc) is 2.15. The summed E-state index contributed by atoms with van der Waals surface area (Å²) in [6, 6.07) is 0. The van der Waals surface area contributed by atoms with E-state index in [0.29, 0.717) is 5.25 Å². The van der Waals surface area contributed by atoms with Crippen molar-refractivity contribution in [1.82, 2.24) is 4.90 Å². The monoisotopic (exact) mass is 190 g/mol. The van der Waals surface area contributed by atoms with Gasteiger partial charge < -0.3 is 10.5 Å². The minimum atomic E-state index is 0.635. The summed E-state index contributed by atoms with van der Waals surface area (Å²) in [6.07, 6.45) is 0. The maximum atomic E-state index is 5.62. The number of hydrogen-bond acceptors (Lipinski definition) is 4. The van der Waals surface area contributed by atoms with Gasteiger partial charge in [0.2, 0.25) is 0 Å². The zero-order valence-electron chi connectivity index (χ0n) is 7.66. The third-order valence-electron chi connectivity index (χ3n) is 2.10. The second kappa shape index (κ2) is 5.80. The second-order valence-corrected chi connectivity index (χ2v) is 4.43. The van der Waals surface area contributed by atoms with E-state index in [1.54, 1.807) is 7.11 Å². The zero-order chi connectivity index (χ0) is 8.81. The molecule has 0 bridgehead atoms. The summed E-state index contributed by atoms with van der Waals surface area (Å²) in [5.74, 6) is 1.21. The van der Waals surface area contributed by atoms with Crippen LogP contribution in [0.1, 0.15) is 0 Å². The van der Waals surface area contributed by atoms with E-state index in [0.717, 1.165) is 26.2 Å². The van der Waals surface area contributed by atoms with Gasteiger partial charge in [0.25, 0.3) is 0 Å². The van der Waals surface area contributed by atoms with Gasteiger partial charge in [-0.2, -0.15) is 11.8 Å². The summed E-state index contributed by atoms with van der Waals surface area (Å²) < 4.78 is 5.03. The summed E-state index contributed by atoms with van der Waals surface area (Å²) in [7, 11) is 1.75. The molecule has 0 aromatic heterocycles. The van der Waals surface area contributed by atoms with E-state index in [1.165, 1.54) is 12.3 Å². The van der Waals surface area contributed by atoms with Gasteiger partial charge in [-0.15, -0.1) is 0 Å². The van der Waals surface area contributed by atoms with Gasteiger partial charge in [0.15, 0.2) is 0 Å². The minimum Gasteiger partial charge on any atom is -0.383 e. The molecule has 1 fully saturated rings.